The fourth-order valence-corrected chi connectivity index (χ4v) is 5.38. The van der Waals surface area contributed by atoms with Crippen molar-refractivity contribution in [2.45, 2.75) is 70.4 Å². The lowest BCUT2D eigenvalue weighted by atomic mass is 10.1. The Morgan fingerprint density at radius 3 is 2.48 bits per heavy atom. The summed E-state index contributed by atoms with van der Waals surface area (Å²) in [5.74, 6) is 0. The molecule has 5 nitrogen and oxygen atoms in total. The number of nitrogens with one attached hydrogen (secondary N) is 1. The summed E-state index contributed by atoms with van der Waals surface area (Å²) in [5, 5.41) is 3.39. The van der Waals surface area contributed by atoms with E-state index in [9.17, 15) is 8.42 Å². The van der Waals surface area contributed by atoms with Gasteiger partial charge in [0.1, 0.15) is 0 Å². The minimum absolute atomic E-state index is 0.124. The van der Waals surface area contributed by atoms with Crippen LogP contribution in [-0.4, -0.2) is 55.8 Å². The summed E-state index contributed by atoms with van der Waals surface area (Å²) in [6, 6.07) is 0.334. The van der Waals surface area contributed by atoms with Crippen LogP contribution in [0.1, 0.15) is 58.3 Å². The molecule has 0 spiro atoms. The quantitative estimate of drug-likeness (QED) is 0.730. The predicted molar refractivity (Wildman–Crippen MR) is 86.4 cm³/mol. The van der Waals surface area contributed by atoms with Crippen molar-refractivity contribution < 1.29 is 8.42 Å². The molecule has 1 heterocycles. The maximum atomic E-state index is 12.9. The van der Waals surface area contributed by atoms with Crippen LogP contribution in [0.15, 0.2) is 0 Å². The highest BCUT2D eigenvalue weighted by atomic mass is 32.2. The van der Waals surface area contributed by atoms with E-state index in [1.807, 2.05) is 0 Å². The van der Waals surface area contributed by atoms with Gasteiger partial charge in [0, 0.05) is 32.2 Å². The first-order chi connectivity index (χ1) is 10.1. The molecule has 1 aliphatic heterocycles. The highest BCUT2D eigenvalue weighted by Crippen LogP contribution is 2.28. The molecule has 1 aliphatic carbocycles. The summed E-state index contributed by atoms with van der Waals surface area (Å²) in [4.78, 5) is 0. The molecule has 0 amide bonds. The Labute approximate surface area is 130 Å². The fourth-order valence-electron chi connectivity index (χ4n) is 3.55. The summed E-state index contributed by atoms with van der Waals surface area (Å²) < 4.78 is 29.3. The first-order valence-electron chi connectivity index (χ1n) is 8.53. The minimum atomic E-state index is -3.31. The van der Waals surface area contributed by atoms with E-state index in [0.717, 1.165) is 64.5 Å². The molecule has 0 aromatic rings. The molecule has 2 aliphatic rings. The lowest BCUT2D eigenvalue weighted by molar-refractivity contribution is 0.222. The summed E-state index contributed by atoms with van der Waals surface area (Å²) in [5.41, 5.74) is 0. The normalized spacial score (nSPS) is 25.8. The lowest BCUT2D eigenvalue weighted by Gasteiger charge is -2.38. The van der Waals surface area contributed by atoms with Crippen molar-refractivity contribution in [1.29, 1.82) is 0 Å². The molecule has 2 rings (SSSR count). The molecule has 0 aromatic carbocycles. The molecule has 1 atom stereocenters. The molecular formula is C15H31N3O2S. The molecule has 6 heteroatoms. The molecule has 124 valence electrons. The topological polar surface area (TPSA) is 52.7 Å². The SMILES string of the molecule is CCCNCC1CCCCN1S(=O)(=O)N(C)C1CCCC1. The van der Waals surface area contributed by atoms with E-state index < -0.39 is 10.2 Å². The summed E-state index contributed by atoms with van der Waals surface area (Å²) in [7, 11) is -1.53. The first kappa shape index (κ1) is 17.2. The van der Waals surface area contributed by atoms with E-state index >= 15 is 0 Å². The van der Waals surface area contributed by atoms with Crippen molar-refractivity contribution in [1.82, 2.24) is 13.9 Å². The molecule has 1 saturated heterocycles. The van der Waals surface area contributed by atoms with Gasteiger partial charge in [-0.05, 0) is 38.6 Å². The number of rotatable bonds is 7. The highest BCUT2D eigenvalue weighted by Gasteiger charge is 2.38. The summed E-state index contributed by atoms with van der Waals surface area (Å²) >= 11 is 0. The predicted octanol–water partition coefficient (Wildman–Crippen LogP) is 1.96. The van der Waals surface area contributed by atoms with Crippen molar-refractivity contribution in [3.63, 3.8) is 0 Å². The smallest absolute Gasteiger partial charge is 0.282 e. The minimum Gasteiger partial charge on any atom is -0.315 e. The molecule has 21 heavy (non-hydrogen) atoms. The van der Waals surface area contributed by atoms with Gasteiger partial charge >= 0.3 is 0 Å². The van der Waals surface area contributed by atoms with Crippen LogP contribution in [0, 0.1) is 0 Å². The van der Waals surface area contributed by atoms with Crippen LogP contribution >= 0.6 is 0 Å². The van der Waals surface area contributed by atoms with Gasteiger partial charge in [0.25, 0.3) is 10.2 Å². The van der Waals surface area contributed by atoms with Crippen molar-refractivity contribution >= 4 is 10.2 Å². The van der Waals surface area contributed by atoms with Crippen LogP contribution < -0.4 is 5.32 Å². The van der Waals surface area contributed by atoms with E-state index in [2.05, 4.69) is 12.2 Å². The van der Waals surface area contributed by atoms with Gasteiger partial charge in [0.05, 0.1) is 0 Å². The van der Waals surface area contributed by atoms with E-state index in [0.29, 0.717) is 6.54 Å². The zero-order chi connectivity index (χ0) is 15.3. The molecule has 1 saturated carbocycles. The molecule has 0 bridgehead atoms. The van der Waals surface area contributed by atoms with Crippen LogP contribution in [0.3, 0.4) is 0 Å². The lowest BCUT2D eigenvalue weighted by Crippen LogP contribution is -2.54. The maximum Gasteiger partial charge on any atom is 0.282 e. The molecule has 1 N–H and O–H groups in total. The van der Waals surface area contributed by atoms with Gasteiger partial charge < -0.3 is 5.32 Å². The van der Waals surface area contributed by atoms with Gasteiger partial charge in [-0.15, -0.1) is 0 Å². The largest absolute Gasteiger partial charge is 0.315 e. The number of nitrogens with zero attached hydrogens (tertiary/aromatic N) is 2. The van der Waals surface area contributed by atoms with E-state index in [1.54, 1.807) is 15.7 Å². The molecule has 2 fully saturated rings. The zero-order valence-electron chi connectivity index (χ0n) is 13.6. The summed E-state index contributed by atoms with van der Waals surface area (Å²) in [6.45, 7) is 4.56. The second-order valence-electron chi connectivity index (χ2n) is 6.43. The fraction of sp³-hybridized carbons (Fsp3) is 1.00. The molecule has 1 unspecified atom stereocenters. The Morgan fingerprint density at radius 1 is 1.14 bits per heavy atom. The van der Waals surface area contributed by atoms with E-state index in [1.165, 1.54) is 0 Å². The van der Waals surface area contributed by atoms with Crippen molar-refractivity contribution in [2.75, 3.05) is 26.7 Å². The average Bonchev–Trinajstić information content (AvgIpc) is 3.01. The van der Waals surface area contributed by atoms with Gasteiger partial charge in [0.2, 0.25) is 0 Å². The van der Waals surface area contributed by atoms with Crippen molar-refractivity contribution in [3.05, 3.63) is 0 Å². The standard InChI is InChI=1S/C15H31N3O2S/c1-3-11-16-13-15-10-6-7-12-18(15)21(19,20)17(2)14-8-4-5-9-14/h14-16H,3-13H2,1-2H3. The van der Waals surface area contributed by atoms with Gasteiger partial charge in [-0.25, -0.2) is 0 Å². The maximum absolute atomic E-state index is 12.9. The third-order valence-corrected chi connectivity index (χ3v) is 6.98. The second-order valence-corrected chi connectivity index (χ2v) is 8.37. The van der Waals surface area contributed by atoms with Crippen LogP contribution in [-0.2, 0) is 10.2 Å². The third kappa shape index (κ3) is 4.18. The Balaban J connectivity index is 2.03. The number of piperidine rings is 1. The van der Waals surface area contributed by atoms with Crippen molar-refractivity contribution in [3.8, 4) is 0 Å². The van der Waals surface area contributed by atoms with Crippen molar-refractivity contribution in [2.24, 2.45) is 0 Å². The van der Waals surface area contributed by atoms with Gasteiger partial charge in [0.15, 0.2) is 0 Å². The van der Waals surface area contributed by atoms with E-state index in [4.69, 9.17) is 0 Å². The van der Waals surface area contributed by atoms with Crippen LogP contribution in [0.25, 0.3) is 0 Å². The second kappa shape index (κ2) is 7.90. The van der Waals surface area contributed by atoms with Gasteiger partial charge in [-0.3, -0.25) is 0 Å². The Morgan fingerprint density at radius 2 is 1.81 bits per heavy atom. The molecular weight excluding hydrogens is 286 g/mol. The summed E-state index contributed by atoms with van der Waals surface area (Å²) in [6.07, 6.45) is 8.54. The number of hydrogen-bond acceptors (Lipinski definition) is 3. The Kier molecular flexibility index (Phi) is 6.47. The Hall–Kier alpha value is -0.170. The first-order valence-corrected chi connectivity index (χ1v) is 9.92. The molecule has 0 radical (unpaired) electrons. The molecule has 0 aromatic heterocycles. The van der Waals surface area contributed by atoms with E-state index in [-0.39, 0.29) is 12.1 Å². The van der Waals surface area contributed by atoms with Gasteiger partial charge in [-0.1, -0.05) is 26.2 Å². The van der Waals surface area contributed by atoms with Crippen LogP contribution in [0.4, 0.5) is 0 Å². The zero-order valence-corrected chi connectivity index (χ0v) is 14.4. The number of hydrogen-bond donors (Lipinski definition) is 1. The van der Waals surface area contributed by atoms with Crippen LogP contribution in [0.5, 0.6) is 0 Å². The van der Waals surface area contributed by atoms with Crippen LogP contribution in [0.2, 0.25) is 0 Å². The highest BCUT2D eigenvalue weighted by molar-refractivity contribution is 7.86. The third-order valence-electron chi connectivity index (χ3n) is 4.88. The average molecular weight is 317 g/mol. The van der Waals surface area contributed by atoms with Gasteiger partial charge in [-0.2, -0.15) is 17.0 Å². The Bertz CT molecular complexity index is 407. The monoisotopic (exact) mass is 317 g/mol.